The maximum atomic E-state index is 13.2. The van der Waals surface area contributed by atoms with Crippen molar-refractivity contribution in [1.82, 2.24) is 10.2 Å². The molecule has 0 fully saturated rings. The Balaban J connectivity index is 2.19. The van der Waals surface area contributed by atoms with Crippen molar-refractivity contribution in [2.24, 2.45) is 0 Å². The molecule has 0 saturated carbocycles. The van der Waals surface area contributed by atoms with Gasteiger partial charge in [0.05, 0.1) is 11.9 Å². The number of likely N-dealkylation sites (N-methyl/N-ethyl adjacent to an activating group) is 1. The van der Waals surface area contributed by atoms with Gasteiger partial charge in [0.1, 0.15) is 6.04 Å². The van der Waals surface area contributed by atoms with E-state index in [1.807, 2.05) is 19.1 Å². The second kappa shape index (κ2) is 12.3. The van der Waals surface area contributed by atoms with Crippen LogP contribution in [0, 0.1) is 0 Å². The molecular weight excluding hydrogens is 485 g/mol. The Morgan fingerprint density at radius 1 is 1.06 bits per heavy atom. The molecule has 2 aromatic rings. The Bertz CT molecular complexity index is 1060. The van der Waals surface area contributed by atoms with Crippen molar-refractivity contribution in [2.75, 3.05) is 24.2 Å². The Labute approximate surface area is 205 Å². The fraction of sp³-hybridized carbons (Fsp3) is 0.391. The number of rotatable bonds is 11. The summed E-state index contributed by atoms with van der Waals surface area (Å²) in [6.07, 6.45) is 1.89. The van der Waals surface area contributed by atoms with E-state index in [0.717, 1.165) is 11.8 Å². The van der Waals surface area contributed by atoms with Gasteiger partial charge in [-0.2, -0.15) is 0 Å². The summed E-state index contributed by atoms with van der Waals surface area (Å²) >= 11 is 12.2. The van der Waals surface area contributed by atoms with Crippen LogP contribution >= 0.6 is 23.2 Å². The molecule has 2 rings (SSSR count). The number of halogens is 2. The molecular formula is C23H29Cl2N3O4S. The number of carbonyl (C=O) groups is 2. The zero-order chi connectivity index (χ0) is 24.6. The topological polar surface area (TPSA) is 86.8 Å². The molecule has 2 amide bonds. The van der Waals surface area contributed by atoms with E-state index in [1.165, 1.54) is 16.3 Å². The molecule has 7 nitrogen and oxygen atoms in total. The lowest BCUT2D eigenvalue weighted by atomic mass is 10.1. The summed E-state index contributed by atoms with van der Waals surface area (Å²) in [7, 11) is -2.03. The molecule has 10 heteroatoms. The quantitative estimate of drug-likeness (QED) is 0.490. The summed E-state index contributed by atoms with van der Waals surface area (Å²) < 4.78 is 25.9. The van der Waals surface area contributed by atoms with Crippen LogP contribution in [0.2, 0.25) is 10.0 Å². The summed E-state index contributed by atoms with van der Waals surface area (Å²) in [5, 5.41) is 3.61. The summed E-state index contributed by atoms with van der Waals surface area (Å²) in [4.78, 5) is 27.2. The predicted molar refractivity (Wildman–Crippen MR) is 133 cm³/mol. The van der Waals surface area contributed by atoms with Crippen molar-refractivity contribution in [3.63, 3.8) is 0 Å². The molecule has 1 atom stereocenters. The van der Waals surface area contributed by atoms with Crippen LogP contribution < -0.4 is 9.62 Å². The molecule has 0 saturated heterocycles. The van der Waals surface area contributed by atoms with E-state index in [4.69, 9.17) is 23.2 Å². The molecule has 0 spiro atoms. The van der Waals surface area contributed by atoms with E-state index in [0.29, 0.717) is 22.2 Å². The Kier molecular flexibility index (Phi) is 10.0. The van der Waals surface area contributed by atoms with Gasteiger partial charge in [0, 0.05) is 36.6 Å². The van der Waals surface area contributed by atoms with Gasteiger partial charge in [-0.05, 0) is 48.7 Å². The fourth-order valence-electron chi connectivity index (χ4n) is 3.51. The highest BCUT2D eigenvalue weighted by atomic mass is 35.5. The molecule has 0 aliphatic carbocycles. The molecule has 0 aliphatic rings. The van der Waals surface area contributed by atoms with Crippen LogP contribution in [0.15, 0.2) is 48.5 Å². The lowest BCUT2D eigenvalue weighted by Crippen LogP contribution is -2.48. The second-order valence-electron chi connectivity index (χ2n) is 7.57. The second-order valence-corrected chi connectivity index (χ2v) is 10.3. The predicted octanol–water partition coefficient (Wildman–Crippen LogP) is 4.09. The molecule has 1 N–H and O–H groups in total. The van der Waals surface area contributed by atoms with E-state index in [1.54, 1.807) is 36.4 Å². The summed E-state index contributed by atoms with van der Waals surface area (Å²) in [5.74, 6) is -0.522. The number of hydrogen-bond donors (Lipinski definition) is 1. The van der Waals surface area contributed by atoms with Crippen LogP contribution in [0.4, 0.5) is 5.69 Å². The van der Waals surface area contributed by atoms with Crippen LogP contribution in [0.3, 0.4) is 0 Å². The van der Waals surface area contributed by atoms with Gasteiger partial charge in [0.15, 0.2) is 0 Å². The fourth-order valence-corrected chi connectivity index (χ4v) is 4.79. The van der Waals surface area contributed by atoms with Gasteiger partial charge < -0.3 is 10.2 Å². The molecule has 2 aromatic carbocycles. The number of anilines is 1. The maximum Gasteiger partial charge on any atom is 0.242 e. The standard InChI is InChI=1S/C23H29Cl2N3O4S/c1-4-21(23(30)26-2)27(16-17-8-5-6-9-20(17)25)22(29)10-7-15-28(33(3,31)32)19-13-11-18(24)12-14-19/h5-6,8-9,11-14,21H,4,7,10,15-16H2,1-3H3,(H,26,30)/t21-/m1/s1. The lowest BCUT2D eigenvalue weighted by molar-refractivity contribution is -0.141. The minimum atomic E-state index is -3.56. The molecule has 0 heterocycles. The van der Waals surface area contributed by atoms with Gasteiger partial charge in [0.25, 0.3) is 0 Å². The van der Waals surface area contributed by atoms with Crippen molar-refractivity contribution >= 4 is 50.7 Å². The third-order valence-corrected chi connectivity index (χ3v) is 7.01. The number of carbonyl (C=O) groups excluding carboxylic acids is 2. The van der Waals surface area contributed by atoms with Crippen LogP contribution in [0.25, 0.3) is 0 Å². The third-order valence-electron chi connectivity index (χ3n) is 5.20. The minimum Gasteiger partial charge on any atom is -0.357 e. The van der Waals surface area contributed by atoms with Gasteiger partial charge in [0.2, 0.25) is 21.8 Å². The lowest BCUT2D eigenvalue weighted by Gasteiger charge is -2.31. The highest BCUT2D eigenvalue weighted by Gasteiger charge is 2.28. The first kappa shape index (κ1) is 27.0. The average molecular weight is 514 g/mol. The first-order valence-electron chi connectivity index (χ1n) is 10.6. The van der Waals surface area contributed by atoms with E-state index in [-0.39, 0.29) is 37.7 Å². The Morgan fingerprint density at radius 2 is 1.70 bits per heavy atom. The zero-order valence-electron chi connectivity index (χ0n) is 18.9. The van der Waals surface area contributed by atoms with Crippen LogP contribution in [-0.2, 0) is 26.2 Å². The molecule has 33 heavy (non-hydrogen) atoms. The monoisotopic (exact) mass is 513 g/mol. The van der Waals surface area contributed by atoms with E-state index < -0.39 is 16.1 Å². The van der Waals surface area contributed by atoms with Crippen molar-refractivity contribution in [2.45, 2.75) is 38.8 Å². The van der Waals surface area contributed by atoms with Gasteiger partial charge in [-0.3, -0.25) is 13.9 Å². The molecule has 0 aliphatic heterocycles. The summed E-state index contributed by atoms with van der Waals surface area (Å²) in [6, 6.07) is 13.0. The van der Waals surface area contributed by atoms with Crippen LogP contribution in [0.5, 0.6) is 0 Å². The summed E-state index contributed by atoms with van der Waals surface area (Å²) in [5.41, 5.74) is 1.20. The molecule has 180 valence electrons. The largest absolute Gasteiger partial charge is 0.357 e. The Morgan fingerprint density at radius 3 is 2.24 bits per heavy atom. The molecule has 0 unspecified atom stereocenters. The number of benzene rings is 2. The zero-order valence-corrected chi connectivity index (χ0v) is 21.3. The first-order chi connectivity index (χ1) is 15.6. The average Bonchev–Trinajstić information content (AvgIpc) is 2.77. The van der Waals surface area contributed by atoms with Gasteiger partial charge in [-0.15, -0.1) is 0 Å². The van der Waals surface area contributed by atoms with Crippen molar-refractivity contribution in [3.8, 4) is 0 Å². The maximum absolute atomic E-state index is 13.2. The van der Waals surface area contributed by atoms with Crippen LogP contribution in [0.1, 0.15) is 31.7 Å². The van der Waals surface area contributed by atoms with Gasteiger partial charge in [-0.25, -0.2) is 8.42 Å². The van der Waals surface area contributed by atoms with Crippen molar-refractivity contribution < 1.29 is 18.0 Å². The number of nitrogens with one attached hydrogen (secondary N) is 1. The SMILES string of the molecule is CC[C@H](C(=O)NC)N(Cc1ccccc1Cl)C(=O)CCCN(c1ccc(Cl)cc1)S(C)(=O)=O. The number of nitrogens with zero attached hydrogens (tertiary/aromatic N) is 2. The van der Waals surface area contributed by atoms with Crippen molar-refractivity contribution in [1.29, 1.82) is 0 Å². The van der Waals surface area contributed by atoms with Crippen LogP contribution in [-0.4, -0.2) is 51.0 Å². The summed E-state index contributed by atoms with van der Waals surface area (Å²) in [6.45, 7) is 2.12. The highest BCUT2D eigenvalue weighted by molar-refractivity contribution is 7.92. The molecule has 0 aromatic heterocycles. The molecule has 0 bridgehead atoms. The number of hydrogen-bond acceptors (Lipinski definition) is 4. The minimum absolute atomic E-state index is 0.0670. The van der Waals surface area contributed by atoms with E-state index >= 15 is 0 Å². The van der Waals surface area contributed by atoms with Crippen molar-refractivity contribution in [3.05, 3.63) is 64.1 Å². The molecule has 0 radical (unpaired) electrons. The third kappa shape index (κ3) is 7.62. The van der Waals surface area contributed by atoms with E-state index in [2.05, 4.69) is 5.32 Å². The number of amides is 2. The Hall–Kier alpha value is -2.29. The normalized spacial score (nSPS) is 12.2. The van der Waals surface area contributed by atoms with Gasteiger partial charge in [-0.1, -0.05) is 48.3 Å². The van der Waals surface area contributed by atoms with E-state index in [9.17, 15) is 18.0 Å². The highest BCUT2D eigenvalue weighted by Crippen LogP contribution is 2.23. The smallest absolute Gasteiger partial charge is 0.242 e. The van der Waals surface area contributed by atoms with Gasteiger partial charge >= 0.3 is 0 Å². The number of sulfonamides is 1. The first-order valence-corrected chi connectivity index (χ1v) is 13.2.